The molecule has 11 heteroatoms. The molecule has 0 radical (unpaired) electrons. The lowest BCUT2D eigenvalue weighted by Crippen LogP contribution is -2.46. The first-order chi connectivity index (χ1) is 13.5. The molecule has 1 atom stereocenters. The van der Waals surface area contributed by atoms with Crippen LogP contribution in [0.1, 0.15) is 31.7 Å². The third-order valence-corrected chi connectivity index (χ3v) is 5.80. The monoisotopic (exact) mass is 437 g/mol. The standard InChI is InChI=1S/C16H25N3O2S.C2HF3O2/c1-12(2)18-15(20)13-9-19(10-14-17-5-8-22-14)11-16(13)3-6-21-7-4-16;3-2(4,5)1(6)7/h5,8,12-13H,3-4,6-7,9-11H2,1-2H3,(H,18,20);(H,6,7). The summed E-state index contributed by atoms with van der Waals surface area (Å²) in [6, 6.07) is 0.192. The number of hydrogen-bond donors (Lipinski definition) is 2. The van der Waals surface area contributed by atoms with Gasteiger partial charge in [-0.25, -0.2) is 9.78 Å². The number of aliphatic carboxylic acids is 1. The molecule has 0 saturated carbocycles. The largest absolute Gasteiger partial charge is 0.490 e. The lowest BCUT2D eigenvalue weighted by atomic mass is 9.71. The van der Waals surface area contributed by atoms with E-state index in [0.29, 0.717) is 0 Å². The Labute approximate surface area is 171 Å². The van der Waals surface area contributed by atoms with Crippen molar-refractivity contribution in [1.29, 1.82) is 0 Å². The van der Waals surface area contributed by atoms with E-state index in [4.69, 9.17) is 14.6 Å². The number of carbonyl (C=O) groups excluding carboxylic acids is 1. The molecule has 1 amide bonds. The van der Waals surface area contributed by atoms with Crippen molar-refractivity contribution in [2.45, 2.75) is 45.5 Å². The van der Waals surface area contributed by atoms with Gasteiger partial charge in [0.15, 0.2) is 0 Å². The second kappa shape index (κ2) is 9.86. The summed E-state index contributed by atoms with van der Waals surface area (Å²) in [5.41, 5.74) is 0.0779. The third-order valence-electron chi connectivity index (χ3n) is 5.04. The first-order valence-electron chi connectivity index (χ1n) is 9.32. The zero-order valence-corrected chi connectivity index (χ0v) is 17.2. The van der Waals surface area contributed by atoms with E-state index in [2.05, 4.69) is 15.2 Å². The van der Waals surface area contributed by atoms with Gasteiger partial charge in [0.25, 0.3) is 0 Å². The van der Waals surface area contributed by atoms with Gasteiger partial charge in [0.1, 0.15) is 5.01 Å². The molecule has 29 heavy (non-hydrogen) atoms. The van der Waals surface area contributed by atoms with Crippen LogP contribution in [0, 0.1) is 11.3 Å². The van der Waals surface area contributed by atoms with Gasteiger partial charge in [-0.05, 0) is 26.7 Å². The van der Waals surface area contributed by atoms with Gasteiger partial charge in [-0.15, -0.1) is 11.3 Å². The summed E-state index contributed by atoms with van der Waals surface area (Å²) < 4.78 is 37.3. The van der Waals surface area contributed by atoms with E-state index in [-0.39, 0.29) is 23.3 Å². The van der Waals surface area contributed by atoms with E-state index in [0.717, 1.165) is 50.7 Å². The fraction of sp³-hybridized carbons (Fsp3) is 0.722. The zero-order valence-electron chi connectivity index (χ0n) is 16.4. The summed E-state index contributed by atoms with van der Waals surface area (Å²) in [7, 11) is 0. The first-order valence-corrected chi connectivity index (χ1v) is 10.2. The van der Waals surface area contributed by atoms with E-state index in [1.165, 1.54) is 0 Å². The number of carbonyl (C=O) groups is 2. The summed E-state index contributed by atoms with van der Waals surface area (Å²) >= 11 is 1.69. The van der Waals surface area contributed by atoms with Crippen molar-refractivity contribution >= 4 is 23.2 Å². The number of halogens is 3. The van der Waals surface area contributed by atoms with Crippen molar-refractivity contribution in [3.8, 4) is 0 Å². The number of rotatable bonds is 4. The SMILES string of the molecule is CC(C)NC(=O)C1CN(Cc2nccs2)CC12CCOCC2.O=C(O)C(F)(F)F. The van der Waals surface area contributed by atoms with Crippen LogP contribution in [0.4, 0.5) is 13.2 Å². The molecule has 2 N–H and O–H groups in total. The van der Waals surface area contributed by atoms with Gasteiger partial charge in [0.2, 0.25) is 5.91 Å². The van der Waals surface area contributed by atoms with Crippen molar-refractivity contribution in [3.05, 3.63) is 16.6 Å². The Balaban J connectivity index is 0.000000370. The Kier molecular flexibility index (Phi) is 8.01. The van der Waals surface area contributed by atoms with Crippen LogP contribution in [0.2, 0.25) is 0 Å². The van der Waals surface area contributed by atoms with Crippen LogP contribution in [-0.2, 0) is 20.9 Å². The minimum atomic E-state index is -5.08. The van der Waals surface area contributed by atoms with Crippen molar-refractivity contribution in [2.75, 3.05) is 26.3 Å². The highest BCUT2D eigenvalue weighted by molar-refractivity contribution is 7.09. The normalized spacial score (nSPS) is 21.7. The molecule has 1 aromatic rings. The number of alkyl halides is 3. The molecule has 3 heterocycles. The molecule has 1 aromatic heterocycles. The molecule has 3 rings (SSSR count). The first kappa shape index (κ1) is 23.6. The number of thiazole rings is 1. The summed E-state index contributed by atoms with van der Waals surface area (Å²) in [5, 5.41) is 13.4. The molecule has 2 fully saturated rings. The van der Waals surface area contributed by atoms with Crippen LogP contribution in [0.3, 0.4) is 0 Å². The highest BCUT2D eigenvalue weighted by Gasteiger charge is 2.50. The van der Waals surface area contributed by atoms with Gasteiger partial charge in [-0.2, -0.15) is 13.2 Å². The maximum Gasteiger partial charge on any atom is 0.490 e. The van der Waals surface area contributed by atoms with Gasteiger partial charge in [-0.1, -0.05) is 0 Å². The Hall–Kier alpha value is -1.72. The van der Waals surface area contributed by atoms with E-state index in [1.807, 2.05) is 25.4 Å². The summed E-state index contributed by atoms with van der Waals surface area (Å²) in [6.07, 6.45) is -1.27. The van der Waals surface area contributed by atoms with Crippen molar-refractivity contribution in [2.24, 2.45) is 11.3 Å². The van der Waals surface area contributed by atoms with Crippen molar-refractivity contribution < 1.29 is 32.6 Å². The molecular weight excluding hydrogens is 411 g/mol. The van der Waals surface area contributed by atoms with Crippen LogP contribution < -0.4 is 5.32 Å². The number of nitrogens with zero attached hydrogens (tertiary/aromatic N) is 2. The van der Waals surface area contributed by atoms with E-state index >= 15 is 0 Å². The lowest BCUT2D eigenvalue weighted by Gasteiger charge is -2.37. The summed E-state index contributed by atoms with van der Waals surface area (Å²) in [4.78, 5) is 28.4. The number of carboxylic acids is 1. The predicted octanol–water partition coefficient (Wildman–Crippen LogP) is 2.53. The second-order valence-electron chi connectivity index (χ2n) is 7.59. The predicted molar refractivity (Wildman–Crippen MR) is 100 cm³/mol. The van der Waals surface area contributed by atoms with Gasteiger partial charge < -0.3 is 15.2 Å². The Morgan fingerprint density at radius 1 is 1.41 bits per heavy atom. The van der Waals surface area contributed by atoms with Crippen LogP contribution in [0.5, 0.6) is 0 Å². The molecular formula is C18H26F3N3O4S. The Bertz CT molecular complexity index is 676. The maximum atomic E-state index is 12.7. The molecule has 1 spiro atoms. The maximum absolute atomic E-state index is 12.7. The molecule has 0 aliphatic carbocycles. The number of hydrogen-bond acceptors (Lipinski definition) is 6. The highest BCUT2D eigenvalue weighted by atomic mass is 32.1. The Morgan fingerprint density at radius 2 is 2.03 bits per heavy atom. The third kappa shape index (κ3) is 6.65. The smallest absolute Gasteiger partial charge is 0.475 e. The average Bonchev–Trinajstić information content (AvgIpc) is 3.23. The van der Waals surface area contributed by atoms with Crippen LogP contribution >= 0.6 is 11.3 Å². The number of amides is 1. The molecule has 0 aromatic carbocycles. The lowest BCUT2D eigenvalue weighted by molar-refractivity contribution is -0.192. The van der Waals surface area contributed by atoms with Crippen molar-refractivity contribution in [1.82, 2.24) is 15.2 Å². The van der Waals surface area contributed by atoms with E-state index in [9.17, 15) is 18.0 Å². The van der Waals surface area contributed by atoms with E-state index in [1.54, 1.807) is 11.3 Å². The van der Waals surface area contributed by atoms with Gasteiger partial charge in [0, 0.05) is 49.3 Å². The van der Waals surface area contributed by atoms with Crippen molar-refractivity contribution in [3.63, 3.8) is 0 Å². The summed E-state index contributed by atoms with van der Waals surface area (Å²) in [6.45, 7) is 8.26. The summed E-state index contributed by atoms with van der Waals surface area (Å²) in [5.74, 6) is -2.48. The molecule has 2 saturated heterocycles. The van der Waals surface area contributed by atoms with Gasteiger partial charge in [0.05, 0.1) is 12.5 Å². The topological polar surface area (TPSA) is 91.8 Å². The molecule has 7 nitrogen and oxygen atoms in total. The number of nitrogens with one attached hydrogen (secondary N) is 1. The fourth-order valence-electron chi connectivity index (χ4n) is 3.75. The Morgan fingerprint density at radius 3 is 2.52 bits per heavy atom. The number of likely N-dealkylation sites (tertiary alicyclic amines) is 1. The molecule has 2 aliphatic heterocycles. The quantitative estimate of drug-likeness (QED) is 0.752. The number of ether oxygens (including phenoxy) is 1. The van der Waals surface area contributed by atoms with Crippen LogP contribution in [-0.4, -0.2) is 65.4 Å². The van der Waals surface area contributed by atoms with Crippen LogP contribution in [0.25, 0.3) is 0 Å². The zero-order chi connectivity index (χ0) is 21.7. The molecule has 2 aliphatic rings. The molecule has 164 valence electrons. The minimum absolute atomic E-state index is 0.0683. The average molecular weight is 437 g/mol. The molecule has 0 bridgehead atoms. The fourth-order valence-corrected chi connectivity index (χ4v) is 4.40. The minimum Gasteiger partial charge on any atom is -0.475 e. The van der Waals surface area contributed by atoms with Crippen LogP contribution in [0.15, 0.2) is 11.6 Å². The highest BCUT2D eigenvalue weighted by Crippen LogP contribution is 2.44. The molecule has 1 unspecified atom stereocenters. The number of aromatic nitrogens is 1. The van der Waals surface area contributed by atoms with E-state index < -0.39 is 12.1 Å². The van der Waals surface area contributed by atoms with Gasteiger partial charge in [-0.3, -0.25) is 9.69 Å². The number of carboxylic acid groups (broad SMARTS) is 1. The second-order valence-corrected chi connectivity index (χ2v) is 8.57. The van der Waals surface area contributed by atoms with Gasteiger partial charge >= 0.3 is 12.1 Å².